The van der Waals surface area contributed by atoms with Gasteiger partial charge in [-0.3, -0.25) is 19.5 Å². The van der Waals surface area contributed by atoms with Gasteiger partial charge in [-0.15, -0.1) is 0 Å². The molecule has 7 nitrogen and oxygen atoms in total. The molecule has 0 saturated heterocycles. The van der Waals surface area contributed by atoms with Crippen LogP contribution >= 0.6 is 23.2 Å². The van der Waals surface area contributed by atoms with Gasteiger partial charge >= 0.3 is 5.91 Å². The molecule has 2 aromatic carbocycles. The summed E-state index contributed by atoms with van der Waals surface area (Å²) < 4.78 is 17.5. The number of aromatic amines is 1. The molecule has 0 atom stereocenters. The van der Waals surface area contributed by atoms with Crippen molar-refractivity contribution in [3.63, 3.8) is 0 Å². The number of hydrogen-bond donors (Lipinski definition) is 1. The van der Waals surface area contributed by atoms with Gasteiger partial charge in [0.2, 0.25) is 0 Å². The first-order chi connectivity index (χ1) is 17.7. The van der Waals surface area contributed by atoms with Crippen molar-refractivity contribution in [1.82, 2.24) is 9.78 Å². The monoisotopic (exact) mass is 537 g/mol. The molecular formula is C27H20Cl2FN4O3+. The highest BCUT2D eigenvalue weighted by atomic mass is 35.5. The molecule has 0 unspecified atom stereocenters. The standard InChI is InChI=1S/C27H19Cl2FN4O3/c1-15(2)23-21(26(36)34(31-23)16-10-11-17(28)18(29)14-16)22-24(32-12-6-3-7-13-32)27(37)33(25(22)35)20-9-5-4-8-19(20)30/h3-15H,1-2H3/p+1. The minimum atomic E-state index is -0.805. The molecule has 0 fully saturated rings. The van der Waals surface area contributed by atoms with Crippen LogP contribution in [0.15, 0.2) is 77.9 Å². The van der Waals surface area contributed by atoms with Crippen LogP contribution < -0.4 is 15.0 Å². The second-order valence-electron chi connectivity index (χ2n) is 8.70. The number of aromatic nitrogens is 3. The lowest BCUT2D eigenvalue weighted by molar-refractivity contribution is -0.576. The topological polar surface area (TPSA) is 79.1 Å². The maximum Gasteiger partial charge on any atom is 0.331 e. The zero-order valence-corrected chi connectivity index (χ0v) is 21.2. The van der Waals surface area contributed by atoms with Crippen molar-refractivity contribution in [3.05, 3.63) is 111 Å². The van der Waals surface area contributed by atoms with Crippen LogP contribution in [0.2, 0.25) is 10.0 Å². The first-order valence-corrected chi connectivity index (χ1v) is 12.1. The quantitative estimate of drug-likeness (QED) is 0.288. The number of carbonyl (C=O) groups is 2. The number of carbonyl (C=O) groups excluding carboxylic acids is 2. The molecule has 0 bridgehead atoms. The Bertz CT molecular complexity index is 1660. The average molecular weight is 538 g/mol. The molecule has 1 aliphatic heterocycles. The van der Waals surface area contributed by atoms with Gasteiger partial charge in [-0.25, -0.2) is 14.0 Å². The van der Waals surface area contributed by atoms with Crippen LogP contribution in [0, 0.1) is 5.82 Å². The van der Waals surface area contributed by atoms with E-state index in [1.165, 1.54) is 33.5 Å². The Balaban J connectivity index is 1.81. The SMILES string of the molecule is CC(C)c1[nH]n(-c2ccc(Cl)c(Cl)c2)c(=O)c1C1=C([n+]2ccccc2)C(=O)N(c2ccccc2F)C1=O. The molecule has 3 heterocycles. The summed E-state index contributed by atoms with van der Waals surface area (Å²) in [6.45, 7) is 3.69. The second-order valence-corrected chi connectivity index (χ2v) is 9.51. The zero-order valence-electron chi connectivity index (χ0n) is 19.7. The summed E-state index contributed by atoms with van der Waals surface area (Å²) in [5.41, 5.74) is -0.122. The normalized spacial score (nSPS) is 13.8. The van der Waals surface area contributed by atoms with Crippen LogP contribution in [-0.2, 0) is 9.59 Å². The maximum atomic E-state index is 14.8. The molecule has 1 aliphatic rings. The Morgan fingerprint density at radius 1 is 0.892 bits per heavy atom. The number of amides is 2. The van der Waals surface area contributed by atoms with E-state index in [1.807, 2.05) is 13.8 Å². The van der Waals surface area contributed by atoms with Crippen molar-refractivity contribution in [2.75, 3.05) is 4.90 Å². The van der Waals surface area contributed by atoms with Gasteiger partial charge in [-0.2, -0.15) is 4.57 Å². The Morgan fingerprint density at radius 2 is 1.59 bits per heavy atom. The van der Waals surface area contributed by atoms with Gasteiger partial charge in [-0.05, 0) is 36.2 Å². The van der Waals surface area contributed by atoms with Crippen molar-refractivity contribution >= 4 is 52.0 Å². The molecule has 2 aromatic heterocycles. The summed E-state index contributed by atoms with van der Waals surface area (Å²) >= 11 is 12.2. The minimum absolute atomic E-state index is 0.0182. The summed E-state index contributed by atoms with van der Waals surface area (Å²) in [5, 5.41) is 3.62. The van der Waals surface area contributed by atoms with E-state index in [1.54, 1.807) is 42.7 Å². The van der Waals surface area contributed by atoms with E-state index in [4.69, 9.17) is 23.2 Å². The highest BCUT2D eigenvalue weighted by Gasteiger charge is 2.49. The third-order valence-electron chi connectivity index (χ3n) is 6.03. The van der Waals surface area contributed by atoms with Crippen LogP contribution in [0.25, 0.3) is 17.0 Å². The van der Waals surface area contributed by atoms with E-state index in [0.717, 1.165) is 11.0 Å². The molecular weight excluding hydrogens is 518 g/mol. The molecule has 1 N–H and O–H groups in total. The molecule has 0 spiro atoms. The van der Waals surface area contributed by atoms with Crippen LogP contribution in [-0.4, -0.2) is 21.6 Å². The Hall–Kier alpha value is -4.01. The van der Waals surface area contributed by atoms with Gasteiger partial charge in [-0.1, -0.05) is 55.2 Å². The van der Waals surface area contributed by atoms with Gasteiger partial charge in [0, 0.05) is 17.8 Å². The molecule has 186 valence electrons. The van der Waals surface area contributed by atoms with E-state index < -0.39 is 23.2 Å². The predicted molar refractivity (Wildman–Crippen MR) is 139 cm³/mol. The highest BCUT2D eigenvalue weighted by Crippen LogP contribution is 2.36. The number of imide groups is 1. The number of anilines is 1. The maximum absolute atomic E-state index is 14.8. The van der Waals surface area contributed by atoms with Gasteiger partial charge in [0.1, 0.15) is 11.4 Å². The van der Waals surface area contributed by atoms with Crippen LogP contribution in [0.5, 0.6) is 0 Å². The number of halogens is 3. The fourth-order valence-corrected chi connectivity index (χ4v) is 4.59. The third-order valence-corrected chi connectivity index (χ3v) is 6.77. The highest BCUT2D eigenvalue weighted by molar-refractivity contribution is 6.53. The van der Waals surface area contributed by atoms with Crippen molar-refractivity contribution in [2.45, 2.75) is 19.8 Å². The second kappa shape index (κ2) is 9.46. The van der Waals surface area contributed by atoms with E-state index in [-0.39, 0.29) is 33.5 Å². The summed E-state index contributed by atoms with van der Waals surface area (Å²) in [6, 6.07) is 15.3. The number of hydrogen-bond acceptors (Lipinski definition) is 3. The van der Waals surface area contributed by atoms with E-state index >= 15 is 0 Å². The van der Waals surface area contributed by atoms with Crippen molar-refractivity contribution in [3.8, 4) is 5.69 Å². The lowest BCUT2D eigenvalue weighted by Crippen LogP contribution is -2.39. The van der Waals surface area contributed by atoms with Gasteiger partial charge in [0.25, 0.3) is 17.2 Å². The van der Waals surface area contributed by atoms with Crippen LogP contribution in [0.1, 0.15) is 31.0 Å². The molecule has 5 rings (SSSR count). The summed E-state index contributed by atoms with van der Waals surface area (Å²) in [5.74, 6) is -2.54. The largest absolute Gasteiger partial charge is 0.331 e. The number of para-hydroxylation sites is 1. The Morgan fingerprint density at radius 3 is 2.24 bits per heavy atom. The predicted octanol–water partition coefficient (Wildman–Crippen LogP) is 4.96. The number of benzene rings is 2. The molecule has 4 aromatic rings. The molecule has 0 saturated carbocycles. The number of rotatable bonds is 5. The summed E-state index contributed by atoms with van der Waals surface area (Å²) in [7, 11) is 0. The van der Waals surface area contributed by atoms with Gasteiger partial charge in [0.05, 0.1) is 27.0 Å². The number of H-pyrrole nitrogens is 1. The molecule has 0 radical (unpaired) electrons. The van der Waals surface area contributed by atoms with Crippen molar-refractivity contribution in [1.29, 1.82) is 0 Å². The molecule has 10 heteroatoms. The fraction of sp³-hybridized carbons (Fsp3) is 0.111. The Kier molecular flexibility index (Phi) is 6.31. The zero-order chi connectivity index (χ0) is 26.4. The van der Waals surface area contributed by atoms with Crippen LogP contribution in [0.4, 0.5) is 10.1 Å². The lowest BCUT2D eigenvalue weighted by Gasteiger charge is -2.14. The van der Waals surface area contributed by atoms with E-state index in [9.17, 15) is 18.8 Å². The first kappa shape index (κ1) is 24.7. The smallest absolute Gasteiger partial charge is 0.294 e. The third kappa shape index (κ3) is 4.08. The number of nitrogens with zero attached hydrogens (tertiary/aromatic N) is 3. The van der Waals surface area contributed by atoms with Gasteiger partial charge < -0.3 is 0 Å². The summed E-state index contributed by atoms with van der Waals surface area (Å²) in [4.78, 5) is 42.2. The molecule has 37 heavy (non-hydrogen) atoms. The van der Waals surface area contributed by atoms with E-state index in [2.05, 4.69) is 5.10 Å². The lowest BCUT2D eigenvalue weighted by atomic mass is 9.98. The minimum Gasteiger partial charge on any atom is -0.294 e. The van der Waals surface area contributed by atoms with Crippen LogP contribution in [0.3, 0.4) is 0 Å². The molecule has 0 aliphatic carbocycles. The average Bonchev–Trinajstić information content (AvgIpc) is 3.34. The fourth-order valence-electron chi connectivity index (χ4n) is 4.30. The molecule has 2 amide bonds. The number of pyridine rings is 1. The first-order valence-electron chi connectivity index (χ1n) is 11.4. The summed E-state index contributed by atoms with van der Waals surface area (Å²) in [6.07, 6.45) is 3.18. The Labute approximate surface area is 221 Å². The van der Waals surface area contributed by atoms with Crippen molar-refractivity contribution < 1.29 is 18.5 Å². The van der Waals surface area contributed by atoms with Gasteiger partial charge in [0.15, 0.2) is 12.4 Å². The number of nitrogens with one attached hydrogen (secondary N) is 1. The van der Waals surface area contributed by atoms with E-state index in [0.29, 0.717) is 16.4 Å². The van der Waals surface area contributed by atoms with Crippen molar-refractivity contribution in [2.24, 2.45) is 0 Å².